The molecule has 0 saturated heterocycles. The quantitative estimate of drug-likeness (QED) is 0.722. The van der Waals surface area contributed by atoms with Crippen molar-refractivity contribution in [2.75, 3.05) is 19.4 Å². The highest BCUT2D eigenvalue weighted by Crippen LogP contribution is 2.21. The third-order valence-corrected chi connectivity index (χ3v) is 5.14. The van der Waals surface area contributed by atoms with Crippen molar-refractivity contribution in [3.63, 3.8) is 0 Å². The minimum Gasteiger partial charge on any atom is -0.395 e. The number of aliphatic hydroxyl groups excluding tert-OH is 1. The van der Waals surface area contributed by atoms with Gasteiger partial charge in [-0.1, -0.05) is 11.6 Å². The number of carbonyl (C=O) groups is 1. The van der Waals surface area contributed by atoms with Crippen molar-refractivity contribution in [3.05, 3.63) is 21.3 Å². The van der Waals surface area contributed by atoms with E-state index >= 15 is 0 Å². The fourth-order valence-electron chi connectivity index (χ4n) is 1.57. The van der Waals surface area contributed by atoms with E-state index in [1.165, 1.54) is 23.1 Å². The van der Waals surface area contributed by atoms with Crippen LogP contribution in [0.1, 0.15) is 11.8 Å². The maximum Gasteiger partial charge on any atom is 0.315 e. The van der Waals surface area contributed by atoms with Crippen LogP contribution >= 0.6 is 34.7 Å². The molecule has 0 radical (unpaired) electrons. The molecule has 2 atom stereocenters. The highest BCUT2D eigenvalue weighted by Gasteiger charge is 2.16. The lowest BCUT2D eigenvalue weighted by molar-refractivity contribution is 0.232. The Morgan fingerprint density at radius 1 is 1.58 bits per heavy atom. The van der Waals surface area contributed by atoms with Crippen LogP contribution in [0.3, 0.4) is 0 Å². The lowest BCUT2D eigenvalue weighted by Crippen LogP contribution is -2.46. The van der Waals surface area contributed by atoms with Crippen molar-refractivity contribution in [3.8, 4) is 0 Å². The third-order valence-electron chi connectivity index (χ3n) is 2.68. The second-order valence-corrected chi connectivity index (χ2v) is 6.98. The molecule has 7 heteroatoms. The fourth-order valence-corrected chi connectivity index (χ4v) is 3.29. The van der Waals surface area contributed by atoms with E-state index in [9.17, 15) is 4.79 Å². The molecule has 3 N–H and O–H groups in total. The topological polar surface area (TPSA) is 61.4 Å². The zero-order valence-corrected chi connectivity index (χ0v) is 13.4. The Hall–Kier alpha value is -0.430. The van der Waals surface area contributed by atoms with Gasteiger partial charge in [0, 0.05) is 22.7 Å². The predicted octanol–water partition coefficient (Wildman–Crippen LogP) is 2.36. The Balaban J connectivity index is 2.24. The van der Waals surface area contributed by atoms with Crippen LogP contribution in [0.5, 0.6) is 0 Å². The molecule has 1 aromatic rings. The molecule has 0 aliphatic heterocycles. The molecule has 0 aliphatic carbocycles. The van der Waals surface area contributed by atoms with Crippen molar-refractivity contribution >= 4 is 40.7 Å². The van der Waals surface area contributed by atoms with Crippen LogP contribution in [0.4, 0.5) is 4.79 Å². The first-order valence-electron chi connectivity index (χ1n) is 5.99. The number of hydrogen-bond donors (Lipinski definition) is 3. The number of nitrogens with one attached hydrogen (secondary N) is 2. The van der Waals surface area contributed by atoms with E-state index in [0.29, 0.717) is 6.54 Å². The van der Waals surface area contributed by atoms with Crippen molar-refractivity contribution < 1.29 is 9.90 Å². The summed E-state index contributed by atoms with van der Waals surface area (Å²) in [5.74, 6) is 0. The Kier molecular flexibility index (Phi) is 7.60. The summed E-state index contributed by atoms with van der Waals surface area (Å²) in [6.45, 7) is 2.50. The molecular weight excluding hydrogens is 304 g/mol. The van der Waals surface area contributed by atoms with Crippen molar-refractivity contribution in [1.29, 1.82) is 0 Å². The van der Waals surface area contributed by atoms with Gasteiger partial charge in [-0.25, -0.2) is 4.79 Å². The lowest BCUT2D eigenvalue weighted by atomic mass is 10.2. The summed E-state index contributed by atoms with van der Waals surface area (Å²) in [4.78, 5) is 12.8. The van der Waals surface area contributed by atoms with Gasteiger partial charge in [0.2, 0.25) is 0 Å². The number of halogens is 1. The maximum absolute atomic E-state index is 11.6. The Bertz CT molecular complexity index is 397. The van der Waals surface area contributed by atoms with E-state index in [0.717, 1.165) is 15.6 Å². The van der Waals surface area contributed by atoms with Gasteiger partial charge in [0.15, 0.2) is 0 Å². The Morgan fingerprint density at radius 2 is 2.32 bits per heavy atom. The first-order chi connectivity index (χ1) is 9.06. The number of thiophene rings is 1. The molecule has 2 unspecified atom stereocenters. The van der Waals surface area contributed by atoms with Gasteiger partial charge in [0.1, 0.15) is 0 Å². The van der Waals surface area contributed by atoms with Crippen LogP contribution < -0.4 is 10.6 Å². The SMILES string of the molecule is CSC(CO)C(C)NC(=O)NCCc1ccc(Cl)s1. The number of carbonyl (C=O) groups excluding carboxylic acids is 1. The third kappa shape index (κ3) is 6.03. The monoisotopic (exact) mass is 322 g/mol. The first-order valence-corrected chi connectivity index (χ1v) is 8.47. The van der Waals surface area contributed by atoms with Gasteiger partial charge in [-0.2, -0.15) is 11.8 Å². The summed E-state index contributed by atoms with van der Waals surface area (Å²) in [5, 5.41) is 14.8. The largest absolute Gasteiger partial charge is 0.395 e. The molecule has 1 aromatic heterocycles. The number of thioether (sulfide) groups is 1. The molecule has 0 aromatic carbocycles. The van der Waals surface area contributed by atoms with Crippen LogP contribution in [0.15, 0.2) is 12.1 Å². The zero-order chi connectivity index (χ0) is 14.3. The maximum atomic E-state index is 11.6. The van der Waals surface area contributed by atoms with Gasteiger partial charge in [-0.05, 0) is 31.7 Å². The summed E-state index contributed by atoms with van der Waals surface area (Å²) in [7, 11) is 0. The average molecular weight is 323 g/mol. The highest BCUT2D eigenvalue weighted by molar-refractivity contribution is 7.99. The van der Waals surface area contributed by atoms with E-state index in [1.807, 2.05) is 25.3 Å². The van der Waals surface area contributed by atoms with Gasteiger partial charge in [-0.3, -0.25) is 0 Å². The lowest BCUT2D eigenvalue weighted by Gasteiger charge is -2.21. The summed E-state index contributed by atoms with van der Waals surface area (Å²) >= 11 is 8.89. The van der Waals surface area contributed by atoms with E-state index in [4.69, 9.17) is 16.7 Å². The van der Waals surface area contributed by atoms with E-state index in [1.54, 1.807) is 0 Å². The van der Waals surface area contributed by atoms with Crippen LogP contribution in [-0.4, -0.2) is 41.8 Å². The average Bonchev–Trinajstić information content (AvgIpc) is 2.76. The minimum atomic E-state index is -0.206. The van der Waals surface area contributed by atoms with Gasteiger partial charge < -0.3 is 15.7 Å². The number of aliphatic hydroxyl groups is 1. The summed E-state index contributed by atoms with van der Waals surface area (Å²) in [6, 6.07) is 3.54. The molecule has 0 spiro atoms. The van der Waals surface area contributed by atoms with Crippen molar-refractivity contribution in [2.24, 2.45) is 0 Å². The predicted molar refractivity (Wildman–Crippen MR) is 83.4 cm³/mol. The first kappa shape index (κ1) is 16.6. The van der Waals surface area contributed by atoms with Crippen molar-refractivity contribution in [2.45, 2.75) is 24.6 Å². The summed E-state index contributed by atoms with van der Waals surface area (Å²) in [6.07, 6.45) is 2.68. The van der Waals surface area contributed by atoms with Crippen molar-refractivity contribution in [1.82, 2.24) is 10.6 Å². The number of urea groups is 1. The smallest absolute Gasteiger partial charge is 0.315 e. The standard InChI is InChI=1S/C12H19ClN2O2S2/c1-8(10(7-16)18-2)15-12(17)14-6-5-9-3-4-11(13)19-9/h3-4,8,10,16H,5-7H2,1-2H3,(H2,14,15,17). The Labute approximate surface area is 126 Å². The van der Waals surface area contributed by atoms with E-state index in [-0.39, 0.29) is 23.9 Å². The second-order valence-electron chi connectivity index (χ2n) is 4.10. The molecule has 1 rings (SSSR count). The molecule has 0 saturated carbocycles. The molecule has 108 valence electrons. The van der Waals surface area contributed by atoms with E-state index < -0.39 is 0 Å². The van der Waals surface area contributed by atoms with Crippen LogP contribution in [0.2, 0.25) is 4.34 Å². The van der Waals surface area contributed by atoms with Gasteiger partial charge >= 0.3 is 6.03 Å². The second kappa shape index (κ2) is 8.68. The zero-order valence-electron chi connectivity index (χ0n) is 11.0. The molecule has 2 amide bonds. The van der Waals surface area contributed by atoms with Crippen LogP contribution in [0.25, 0.3) is 0 Å². The molecule has 0 bridgehead atoms. The molecule has 19 heavy (non-hydrogen) atoms. The summed E-state index contributed by atoms with van der Waals surface area (Å²) in [5.41, 5.74) is 0. The molecule has 4 nitrogen and oxygen atoms in total. The van der Waals surface area contributed by atoms with Gasteiger partial charge in [0.25, 0.3) is 0 Å². The van der Waals surface area contributed by atoms with Gasteiger partial charge in [-0.15, -0.1) is 11.3 Å². The number of amides is 2. The molecule has 0 fully saturated rings. The van der Waals surface area contributed by atoms with Crippen LogP contribution in [0, 0.1) is 0 Å². The van der Waals surface area contributed by atoms with E-state index in [2.05, 4.69) is 10.6 Å². The number of rotatable bonds is 7. The summed E-state index contributed by atoms with van der Waals surface area (Å²) < 4.78 is 0.763. The number of hydrogen-bond acceptors (Lipinski definition) is 4. The van der Waals surface area contributed by atoms with Gasteiger partial charge in [0.05, 0.1) is 10.9 Å². The molecule has 1 heterocycles. The Morgan fingerprint density at radius 3 is 2.84 bits per heavy atom. The fraction of sp³-hybridized carbons (Fsp3) is 0.583. The molecule has 0 aliphatic rings. The molecular formula is C12H19ClN2O2S2. The highest BCUT2D eigenvalue weighted by atomic mass is 35.5. The van der Waals surface area contributed by atoms with Crippen LogP contribution in [-0.2, 0) is 6.42 Å². The normalized spacial score (nSPS) is 13.9. The minimum absolute atomic E-state index is 0.0156.